The summed E-state index contributed by atoms with van der Waals surface area (Å²) in [7, 11) is 1.29. The second-order valence-corrected chi connectivity index (χ2v) is 5.67. The highest BCUT2D eigenvalue weighted by atomic mass is 19.4. The highest BCUT2D eigenvalue weighted by Crippen LogP contribution is 2.31. The third kappa shape index (κ3) is 4.76. The van der Waals surface area contributed by atoms with E-state index in [1.54, 1.807) is 30.3 Å². The summed E-state index contributed by atoms with van der Waals surface area (Å²) >= 11 is 0. The zero-order chi connectivity index (χ0) is 20.1. The number of methoxy groups -OCH3 is 1. The van der Waals surface area contributed by atoms with E-state index in [-0.39, 0.29) is 11.6 Å². The number of esters is 1. The third-order valence-corrected chi connectivity index (χ3v) is 3.66. The molecule has 2 aromatic carbocycles. The van der Waals surface area contributed by atoms with E-state index in [1.807, 2.05) is 0 Å². The topological polar surface area (TPSA) is 76.1 Å². The van der Waals surface area contributed by atoms with Crippen LogP contribution in [0.15, 0.2) is 60.8 Å². The fourth-order valence-electron chi connectivity index (χ4n) is 2.38. The van der Waals surface area contributed by atoms with Gasteiger partial charge < -0.3 is 15.4 Å². The van der Waals surface area contributed by atoms with Gasteiger partial charge in [0, 0.05) is 17.6 Å². The van der Waals surface area contributed by atoms with Crippen molar-refractivity contribution >= 4 is 29.1 Å². The molecule has 0 spiro atoms. The number of anilines is 4. The largest absolute Gasteiger partial charge is 0.465 e. The smallest absolute Gasteiger partial charge is 0.416 e. The van der Waals surface area contributed by atoms with E-state index in [9.17, 15) is 18.0 Å². The van der Waals surface area contributed by atoms with Gasteiger partial charge in [0.25, 0.3) is 0 Å². The molecular weight excluding hydrogens is 373 g/mol. The number of carbonyl (C=O) groups is 1. The Balaban J connectivity index is 1.77. The number of benzene rings is 2. The molecule has 28 heavy (non-hydrogen) atoms. The first kappa shape index (κ1) is 19.2. The number of carbonyl (C=O) groups excluding carboxylic acids is 1. The molecule has 0 aliphatic rings. The summed E-state index contributed by atoms with van der Waals surface area (Å²) in [5.41, 5.74) is 0.390. The lowest BCUT2D eigenvalue weighted by atomic mass is 10.2. The molecule has 0 aliphatic heterocycles. The number of rotatable bonds is 5. The molecule has 3 rings (SSSR count). The Morgan fingerprint density at radius 1 is 1.00 bits per heavy atom. The zero-order valence-corrected chi connectivity index (χ0v) is 14.6. The van der Waals surface area contributed by atoms with Gasteiger partial charge in [0.1, 0.15) is 5.82 Å². The molecule has 0 fully saturated rings. The second-order valence-electron chi connectivity index (χ2n) is 5.67. The monoisotopic (exact) mass is 388 g/mol. The van der Waals surface area contributed by atoms with Gasteiger partial charge in [-0.25, -0.2) is 9.78 Å². The van der Waals surface area contributed by atoms with E-state index < -0.39 is 17.7 Å². The minimum Gasteiger partial charge on any atom is -0.465 e. The summed E-state index contributed by atoms with van der Waals surface area (Å²) in [6.45, 7) is 0. The average molecular weight is 388 g/mol. The fourth-order valence-corrected chi connectivity index (χ4v) is 2.38. The Morgan fingerprint density at radius 3 is 2.43 bits per heavy atom. The van der Waals surface area contributed by atoms with Crippen molar-refractivity contribution < 1.29 is 22.7 Å². The van der Waals surface area contributed by atoms with Gasteiger partial charge in [0.05, 0.1) is 18.2 Å². The maximum atomic E-state index is 12.8. The van der Waals surface area contributed by atoms with Gasteiger partial charge in [-0.05, 0) is 42.5 Å². The Bertz CT molecular complexity index is 993. The molecule has 0 atom stereocenters. The van der Waals surface area contributed by atoms with Crippen LogP contribution in [0.3, 0.4) is 0 Å². The fraction of sp³-hybridized carbons (Fsp3) is 0.105. The van der Waals surface area contributed by atoms with Crippen LogP contribution < -0.4 is 10.6 Å². The van der Waals surface area contributed by atoms with Crippen molar-refractivity contribution in [3.63, 3.8) is 0 Å². The SMILES string of the molecule is COC(=O)c1cccc(Nc2ccnc(Nc3cccc(C(F)(F)F)c3)n2)c1. The van der Waals surface area contributed by atoms with Gasteiger partial charge in [0.2, 0.25) is 5.95 Å². The first-order chi connectivity index (χ1) is 13.3. The van der Waals surface area contributed by atoms with Crippen LogP contribution in [-0.2, 0) is 10.9 Å². The summed E-state index contributed by atoms with van der Waals surface area (Å²) in [4.78, 5) is 19.8. The molecular formula is C19H15F3N4O2. The number of alkyl halides is 3. The number of halogens is 3. The van der Waals surface area contributed by atoms with Crippen molar-refractivity contribution in [3.05, 3.63) is 71.9 Å². The van der Waals surface area contributed by atoms with Crippen LogP contribution >= 0.6 is 0 Å². The van der Waals surface area contributed by atoms with E-state index in [0.29, 0.717) is 17.1 Å². The first-order valence-electron chi connectivity index (χ1n) is 8.08. The van der Waals surface area contributed by atoms with Crippen molar-refractivity contribution in [2.24, 2.45) is 0 Å². The van der Waals surface area contributed by atoms with E-state index in [0.717, 1.165) is 12.1 Å². The number of nitrogens with one attached hydrogen (secondary N) is 2. The molecule has 2 N–H and O–H groups in total. The van der Waals surface area contributed by atoms with Crippen LogP contribution in [0.1, 0.15) is 15.9 Å². The van der Waals surface area contributed by atoms with Gasteiger partial charge in [-0.3, -0.25) is 0 Å². The van der Waals surface area contributed by atoms with Gasteiger partial charge in [-0.15, -0.1) is 0 Å². The maximum absolute atomic E-state index is 12.8. The van der Waals surface area contributed by atoms with E-state index in [2.05, 4.69) is 25.3 Å². The number of hydrogen-bond donors (Lipinski definition) is 2. The van der Waals surface area contributed by atoms with Crippen LogP contribution in [0.4, 0.5) is 36.3 Å². The quantitative estimate of drug-likeness (QED) is 0.614. The predicted octanol–water partition coefficient (Wildman–Crippen LogP) is 4.77. The zero-order valence-electron chi connectivity index (χ0n) is 14.6. The molecule has 6 nitrogen and oxygen atoms in total. The minimum absolute atomic E-state index is 0.119. The lowest BCUT2D eigenvalue weighted by Crippen LogP contribution is -2.06. The molecule has 0 bridgehead atoms. The van der Waals surface area contributed by atoms with Crippen molar-refractivity contribution in [3.8, 4) is 0 Å². The summed E-state index contributed by atoms with van der Waals surface area (Å²) in [6.07, 6.45) is -2.98. The maximum Gasteiger partial charge on any atom is 0.416 e. The molecule has 0 amide bonds. The summed E-state index contributed by atoms with van der Waals surface area (Å²) in [5, 5.41) is 5.75. The lowest BCUT2D eigenvalue weighted by Gasteiger charge is -2.11. The first-order valence-corrected chi connectivity index (χ1v) is 8.08. The predicted molar refractivity (Wildman–Crippen MR) is 97.8 cm³/mol. The molecule has 0 unspecified atom stereocenters. The molecule has 0 saturated carbocycles. The lowest BCUT2D eigenvalue weighted by molar-refractivity contribution is -0.137. The summed E-state index contributed by atoms with van der Waals surface area (Å²) in [5.74, 6) is 0.0400. The van der Waals surface area contributed by atoms with Crippen molar-refractivity contribution in [1.29, 1.82) is 0 Å². The Morgan fingerprint density at radius 2 is 1.71 bits per heavy atom. The van der Waals surface area contributed by atoms with E-state index in [4.69, 9.17) is 0 Å². The normalized spacial score (nSPS) is 11.0. The summed E-state index contributed by atoms with van der Waals surface area (Å²) < 4.78 is 43.2. The van der Waals surface area contributed by atoms with Crippen molar-refractivity contribution in [2.45, 2.75) is 6.18 Å². The third-order valence-electron chi connectivity index (χ3n) is 3.66. The van der Waals surface area contributed by atoms with E-state index in [1.165, 1.54) is 25.4 Å². The van der Waals surface area contributed by atoms with Gasteiger partial charge >= 0.3 is 12.1 Å². The molecule has 0 radical (unpaired) electrons. The highest BCUT2D eigenvalue weighted by Gasteiger charge is 2.30. The molecule has 144 valence electrons. The number of nitrogens with zero attached hydrogens (tertiary/aromatic N) is 2. The van der Waals surface area contributed by atoms with Crippen molar-refractivity contribution in [1.82, 2.24) is 9.97 Å². The molecule has 1 heterocycles. The van der Waals surface area contributed by atoms with E-state index >= 15 is 0 Å². The molecule has 0 aliphatic carbocycles. The molecule has 3 aromatic rings. The van der Waals surface area contributed by atoms with Crippen LogP contribution in [0, 0.1) is 0 Å². The van der Waals surface area contributed by atoms with Crippen LogP contribution in [0.25, 0.3) is 0 Å². The minimum atomic E-state index is -4.44. The van der Waals surface area contributed by atoms with Crippen molar-refractivity contribution in [2.75, 3.05) is 17.7 Å². The van der Waals surface area contributed by atoms with Crippen LogP contribution in [0.2, 0.25) is 0 Å². The highest BCUT2D eigenvalue weighted by molar-refractivity contribution is 5.90. The molecule has 0 saturated heterocycles. The number of ether oxygens (including phenoxy) is 1. The molecule has 9 heteroatoms. The van der Waals surface area contributed by atoms with Gasteiger partial charge in [0.15, 0.2) is 0 Å². The number of aromatic nitrogens is 2. The number of hydrogen-bond acceptors (Lipinski definition) is 6. The van der Waals surface area contributed by atoms with Crippen LogP contribution in [0.5, 0.6) is 0 Å². The Kier molecular flexibility index (Phi) is 5.44. The average Bonchev–Trinajstić information content (AvgIpc) is 2.67. The second kappa shape index (κ2) is 7.95. The summed E-state index contributed by atoms with van der Waals surface area (Å²) in [6, 6.07) is 12.9. The van der Waals surface area contributed by atoms with Gasteiger partial charge in [-0.1, -0.05) is 12.1 Å². The molecule has 1 aromatic heterocycles. The Hall–Kier alpha value is -3.62. The standard InChI is InChI=1S/C19H15F3N4O2/c1-28-17(27)12-4-2-6-14(10-12)24-16-8-9-23-18(26-16)25-15-7-3-5-13(11-15)19(20,21)22/h2-11H,1H3,(H2,23,24,25,26). The van der Waals surface area contributed by atoms with Crippen LogP contribution in [-0.4, -0.2) is 23.0 Å². The van der Waals surface area contributed by atoms with Gasteiger partial charge in [-0.2, -0.15) is 18.2 Å². The Labute approximate surface area is 158 Å².